The van der Waals surface area contributed by atoms with Gasteiger partial charge in [0.05, 0.1) is 0 Å². The summed E-state index contributed by atoms with van der Waals surface area (Å²) in [6.07, 6.45) is 42.3. The topological polar surface area (TPSA) is 17.1 Å². The lowest BCUT2D eigenvalue weighted by Crippen LogP contribution is -2.02. The molecule has 0 amide bonds. The largest absolute Gasteiger partial charge is 0.291 e. The summed E-state index contributed by atoms with van der Waals surface area (Å²) < 4.78 is 0. The number of hydrogen-bond donors (Lipinski definition) is 0. The van der Waals surface area contributed by atoms with E-state index in [1.165, 1.54) is 173 Å². The highest BCUT2D eigenvalue weighted by molar-refractivity contribution is 5.54. The van der Waals surface area contributed by atoms with Crippen molar-refractivity contribution in [1.29, 1.82) is 0 Å². The summed E-state index contributed by atoms with van der Waals surface area (Å²) in [4.78, 5) is 11.3. The van der Waals surface area contributed by atoms with Crippen LogP contribution in [0.15, 0.2) is 0 Å². The number of rotatable bonds is 30. The number of hydrogen-bond acceptors (Lipinski definition) is 1. The molecule has 1 radical (unpaired) electrons. The zero-order valence-corrected chi connectivity index (χ0v) is 24.0. The third-order valence-corrected chi connectivity index (χ3v) is 7.73. The van der Waals surface area contributed by atoms with E-state index in [9.17, 15) is 4.79 Å². The van der Waals surface area contributed by atoms with E-state index in [0.717, 1.165) is 12.8 Å². The molecule has 0 aliphatic carbocycles. The van der Waals surface area contributed by atoms with Gasteiger partial charge in [0.25, 0.3) is 0 Å². The van der Waals surface area contributed by atoms with E-state index in [-0.39, 0.29) is 5.92 Å². The summed E-state index contributed by atoms with van der Waals surface area (Å²) in [5.74, 6) is 0.213. The van der Waals surface area contributed by atoms with Gasteiger partial charge in [-0.3, -0.25) is 4.79 Å². The first-order chi connectivity index (χ1) is 16.8. The third-order valence-electron chi connectivity index (χ3n) is 7.73. The fourth-order valence-corrected chi connectivity index (χ4v) is 5.26. The van der Waals surface area contributed by atoms with Crippen LogP contribution >= 0.6 is 0 Å². The Kier molecular flexibility index (Phi) is 30.4. The first kappa shape index (κ1) is 33.7. The summed E-state index contributed by atoms with van der Waals surface area (Å²) >= 11 is 0. The average Bonchev–Trinajstić information content (AvgIpc) is 2.85. The standard InChI is InChI=1S/C33H65O/c1-3-5-7-9-11-13-15-16-17-18-19-21-23-25-27-29-31-33(32-34)30-28-26-24-22-20-14-12-10-8-6-4-2/h33H,3-31H2,1-2H3. The van der Waals surface area contributed by atoms with Crippen molar-refractivity contribution in [3.8, 4) is 0 Å². The molecule has 0 rings (SSSR count). The summed E-state index contributed by atoms with van der Waals surface area (Å²) in [5.41, 5.74) is 0. The highest BCUT2D eigenvalue weighted by Crippen LogP contribution is 2.19. The van der Waals surface area contributed by atoms with Gasteiger partial charge in [0.1, 0.15) is 0 Å². The van der Waals surface area contributed by atoms with Gasteiger partial charge in [-0.05, 0) is 12.8 Å². The molecule has 0 bridgehead atoms. The van der Waals surface area contributed by atoms with Crippen molar-refractivity contribution in [1.82, 2.24) is 0 Å². The maximum atomic E-state index is 11.3. The van der Waals surface area contributed by atoms with Crippen LogP contribution in [0.1, 0.15) is 200 Å². The molecule has 0 spiro atoms. The fraction of sp³-hybridized carbons (Fsp3) is 0.970. The third kappa shape index (κ3) is 27.9. The van der Waals surface area contributed by atoms with E-state index in [4.69, 9.17) is 0 Å². The molecule has 1 unspecified atom stereocenters. The minimum absolute atomic E-state index is 0.213. The van der Waals surface area contributed by atoms with Gasteiger partial charge in [-0.25, -0.2) is 0 Å². The molecule has 0 aliphatic rings. The quantitative estimate of drug-likeness (QED) is 0.0940. The molecule has 0 saturated carbocycles. The average molecular weight is 478 g/mol. The molecular formula is C33H65O. The summed E-state index contributed by atoms with van der Waals surface area (Å²) in [6.45, 7) is 4.58. The van der Waals surface area contributed by atoms with Gasteiger partial charge in [0.15, 0.2) is 0 Å². The number of carbonyl (C=O) groups excluding carboxylic acids is 1. The van der Waals surface area contributed by atoms with Crippen LogP contribution in [0.3, 0.4) is 0 Å². The van der Waals surface area contributed by atoms with Crippen LogP contribution in [0.4, 0.5) is 0 Å². The van der Waals surface area contributed by atoms with Gasteiger partial charge in [0, 0.05) is 5.92 Å². The second-order valence-corrected chi connectivity index (χ2v) is 11.2. The Hall–Kier alpha value is -0.330. The highest BCUT2D eigenvalue weighted by atomic mass is 16.1. The Morgan fingerprint density at radius 3 is 0.765 bits per heavy atom. The molecule has 0 heterocycles. The van der Waals surface area contributed by atoms with Gasteiger partial charge in [0.2, 0.25) is 6.29 Å². The molecule has 0 aliphatic heterocycles. The molecule has 203 valence electrons. The maximum absolute atomic E-state index is 11.3. The SMILES string of the molecule is CCCCCCCCCCCCCCCCCCC([C]=O)CCCCCCCCCCCCC. The number of unbranched alkanes of at least 4 members (excludes halogenated alkanes) is 25. The monoisotopic (exact) mass is 478 g/mol. The van der Waals surface area contributed by atoms with E-state index in [1.807, 2.05) is 0 Å². The normalized spacial score (nSPS) is 12.3. The van der Waals surface area contributed by atoms with Crippen LogP contribution in [0, 0.1) is 5.92 Å². The van der Waals surface area contributed by atoms with Crippen LogP contribution < -0.4 is 0 Å². The lowest BCUT2D eigenvalue weighted by Gasteiger charge is -2.09. The zero-order chi connectivity index (χ0) is 24.8. The van der Waals surface area contributed by atoms with Crippen LogP contribution in [0.25, 0.3) is 0 Å². The smallest absolute Gasteiger partial charge is 0.201 e. The molecule has 0 aromatic heterocycles. The van der Waals surface area contributed by atoms with E-state index in [1.54, 1.807) is 0 Å². The van der Waals surface area contributed by atoms with Crippen molar-refractivity contribution in [2.45, 2.75) is 200 Å². The first-order valence-electron chi connectivity index (χ1n) is 16.2. The van der Waals surface area contributed by atoms with Crippen molar-refractivity contribution in [3.05, 3.63) is 0 Å². The second kappa shape index (κ2) is 30.7. The van der Waals surface area contributed by atoms with E-state index >= 15 is 0 Å². The van der Waals surface area contributed by atoms with E-state index in [2.05, 4.69) is 20.1 Å². The molecule has 1 atom stereocenters. The Balaban J connectivity index is 3.25. The molecule has 0 N–H and O–H groups in total. The van der Waals surface area contributed by atoms with E-state index < -0.39 is 0 Å². The summed E-state index contributed by atoms with van der Waals surface area (Å²) in [7, 11) is 0. The van der Waals surface area contributed by atoms with Gasteiger partial charge in [-0.15, -0.1) is 0 Å². The van der Waals surface area contributed by atoms with Gasteiger partial charge >= 0.3 is 0 Å². The Morgan fingerprint density at radius 2 is 0.559 bits per heavy atom. The van der Waals surface area contributed by atoms with Crippen molar-refractivity contribution >= 4 is 6.29 Å². The van der Waals surface area contributed by atoms with Crippen LogP contribution in [-0.4, -0.2) is 6.29 Å². The summed E-state index contributed by atoms with van der Waals surface area (Å²) in [6, 6.07) is 0. The van der Waals surface area contributed by atoms with Crippen molar-refractivity contribution in [2.24, 2.45) is 5.92 Å². The maximum Gasteiger partial charge on any atom is 0.201 e. The van der Waals surface area contributed by atoms with Crippen LogP contribution in [-0.2, 0) is 4.79 Å². The molecular weight excluding hydrogens is 412 g/mol. The molecule has 1 heteroatoms. The minimum Gasteiger partial charge on any atom is -0.291 e. The van der Waals surface area contributed by atoms with Crippen molar-refractivity contribution in [3.63, 3.8) is 0 Å². The predicted octanol–water partition coefficient (Wildman–Crippen LogP) is 12.1. The van der Waals surface area contributed by atoms with Gasteiger partial charge in [-0.1, -0.05) is 187 Å². The molecule has 1 nitrogen and oxygen atoms in total. The predicted molar refractivity (Wildman–Crippen MR) is 154 cm³/mol. The summed E-state index contributed by atoms with van der Waals surface area (Å²) in [5, 5.41) is 0. The van der Waals surface area contributed by atoms with Crippen molar-refractivity contribution in [2.75, 3.05) is 0 Å². The van der Waals surface area contributed by atoms with Crippen LogP contribution in [0.5, 0.6) is 0 Å². The Morgan fingerprint density at radius 1 is 0.353 bits per heavy atom. The van der Waals surface area contributed by atoms with E-state index in [0.29, 0.717) is 0 Å². The fourth-order valence-electron chi connectivity index (χ4n) is 5.26. The Labute approximate surface area is 217 Å². The van der Waals surface area contributed by atoms with Crippen molar-refractivity contribution < 1.29 is 4.79 Å². The first-order valence-corrected chi connectivity index (χ1v) is 16.2. The molecule has 0 aromatic carbocycles. The zero-order valence-electron chi connectivity index (χ0n) is 24.0. The lowest BCUT2D eigenvalue weighted by atomic mass is 9.95. The molecule has 0 saturated heterocycles. The Bertz CT molecular complexity index is 364. The van der Waals surface area contributed by atoms with Crippen LogP contribution in [0.2, 0.25) is 0 Å². The molecule has 34 heavy (non-hydrogen) atoms. The molecule has 0 aromatic rings. The lowest BCUT2D eigenvalue weighted by molar-refractivity contribution is 0.448. The second-order valence-electron chi connectivity index (χ2n) is 11.2. The van der Waals surface area contributed by atoms with Gasteiger partial charge < -0.3 is 0 Å². The van der Waals surface area contributed by atoms with Gasteiger partial charge in [-0.2, -0.15) is 0 Å². The highest BCUT2D eigenvalue weighted by Gasteiger charge is 2.08. The molecule has 0 fully saturated rings. The minimum atomic E-state index is 0.213.